The van der Waals surface area contributed by atoms with Crippen molar-refractivity contribution in [3.05, 3.63) is 64.0 Å². The van der Waals surface area contributed by atoms with E-state index in [4.69, 9.17) is 25.2 Å². The summed E-state index contributed by atoms with van der Waals surface area (Å²) in [5.41, 5.74) is 16.0. The van der Waals surface area contributed by atoms with Gasteiger partial charge in [0, 0.05) is 23.9 Å². The van der Waals surface area contributed by atoms with Gasteiger partial charge >= 0.3 is 0 Å². The Bertz CT molecular complexity index is 1320. The Balaban J connectivity index is 1.42. The van der Waals surface area contributed by atoms with Crippen molar-refractivity contribution in [2.24, 2.45) is 0 Å². The quantitative estimate of drug-likeness (QED) is 0.469. The van der Waals surface area contributed by atoms with Gasteiger partial charge in [-0.25, -0.2) is 9.97 Å². The maximum atomic E-state index is 6.13. The Morgan fingerprint density at radius 2 is 1.80 bits per heavy atom. The average Bonchev–Trinajstić information content (AvgIpc) is 3.49. The fraction of sp³-hybridized carbons (Fsp3) is 0.448. The molecule has 0 bridgehead atoms. The largest absolute Gasteiger partial charge is 0.399 e. The predicted molar refractivity (Wildman–Crippen MR) is 140 cm³/mol. The number of aromatic nitrogens is 2. The molecule has 6 nitrogen and oxygen atoms in total. The van der Waals surface area contributed by atoms with Crippen molar-refractivity contribution in [2.45, 2.75) is 71.1 Å². The topological polar surface area (TPSA) is 82.3 Å². The van der Waals surface area contributed by atoms with E-state index in [1.165, 1.54) is 28.7 Å². The van der Waals surface area contributed by atoms with Crippen molar-refractivity contribution >= 4 is 28.0 Å². The molecule has 0 saturated carbocycles. The van der Waals surface area contributed by atoms with Crippen molar-refractivity contribution in [3.63, 3.8) is 0 Å². The monoisotopic (exact) mass is 470 g/mol. The Morgan fingerprint density at radius 1 is 1.00 bits per heavy atom. The molecular weight excluding hydrogens is 436 g/mol. The number of nitrogens with one attached hydrogen (secondary N) is 1. The first kappa shape index (κ1) is 22.5. The van der Waals surface area contributed by atoms with E-state index < -0.39 is 5.79 Å². The van der Waals surface area contributed by atoms with Gasteiger partial charge in [0.15, 0.2) is 5.79 Å². The normalized spacial score (nSPS) is 19.7. The summed E-state index contributed by atoms with van der Waals surface area (Å²) >= 11 is 0. The van der Waals surface area contributed by atoms with Crippen LogP contribution in [0.25, 0.3) is 16.5 Å². The highest BCUT2D eigenvalue weighted by Gasteiger charge is 2.38. The molecule has 0 amide bonds. The molecule has 3 aliphatic rings. The van der Waals surface area contributed by atoms with Crippen LogP contribution in [0.1, 0.15) is 72.3 Å². The van der Waals surface area contributed by atoms with Gasteiger partial charge in [0.25, 0.3) is 0 Å². The van der Waals surface area contributed by atoms with Crippen LogP contribution in [0.15, 0.2) is 30.3 Å². The molecular formula is C29H34N4O2. The number of nitrogens with two attached hydrogens (primary N) is 1. The van der Waals surface area contributed by atoms with Crippen molar-refractivity contribution in [1.82, 2.24) is 9.97 Å². The second kappa shape index (κ2) is 8.61. The molecule has 2 aromatic carbocycles. The van der Waals surface area contributed by atoms with Crippen LogP contribution >= 0.6 is 0 Å². The number of hydrogen-bond acceptors (Lipinski definition) is 6. The molecule has 3 N–H and O–H groups in total. The van der Waals surface area contributed by atoms with E-state index in [1.54, 1.807) is 0 Å². The SMILES string of the molecule is Cc1cc(N)cc([C@@H](C)Nc2nc(C)nc3c4c(c(C5=CCC6(CC5)OCCO6)cc23)CCC4)c1. The molecule has 0 unspecified atom stereocenters. The van der Waals surface area contributed by atoms with Gasteiger partial charge in [-0.2, -0.15) is 0 Å². The number of rotatable bonds is 4. The molecule has 6 heteroatoms. The Kier molecular flexibility index (Phi) is 5.53. The first-order valence-corrected chi connectivity index (χ1v) is 12.8. The van der Waals surface area contributed by atoms with Crippen LogP contribution in [-0.4, -0.2) is 29.0 Å². The number of nitrogen functional groups attached to an aromatic ring is 1. The maximum Gasteiger partial charge on any atom is 0.172 e. The standard InChI is InChI=1S/C29H34N4O2/c1-17-13-21(15-22(30)14-17)18(2)31-28-26-16-25(20-7-9-29(10-8-20)34-11-12-35-29)23-5-4-6-24(23)27(26)32-19(3)33-28/h7,13-16,18H,4-6,8-12,30H2,1-3H3,(H,31,32,33)/t18-/m1/s1. The molecule has 2 aliphatic carbocycles. The third-order valence-corrected chi connectivity index (χ3v) is 7.74. The number of hydrogen-bond donors (Lipinski definition) is 2. The van der Waals surface area contributed by atoms with Gasteiger partial charge in [0.05, 0.1) is 24.8 Å². The Morgan fingerprint density at radius 3 is 2.54 bits per heavy atom. The summed E-state index contributed by atoms with van der Waals surface area (Å²) in [6, 6.07) is 8.62. The van der Waals surface area contributed by atoms with Crippen LogP contribution < -0.4 is 11.1 Å². The highest BCUT2D eigenvalue weighted by Crippen LogP contribution is 2.43. The molecule has 182 valence electrons. The second-order valence-corrected chi connectivity index (χ2v) is 10.3. The number of allylic oxidation sites excluding steroid dienone is 1. The summed E-state index contributed by atoms with van der Waals surface area (Å²) in [6.45, 7) is 7.63. The van der Waals surface area contributed by atoms with Gasteiger partial charge < -0.3 is 20.5 Å². The molecule has 1 saturated heterocycles. The zero-order valence-corrected chi connectivity index (χ0v) is 20.9. The van der Waals surface area contributed by atoms with Crippen molar-refractivity contribution in [2.75, 3.05) is 24.3 Å². The van der Waals surface area contributed by atoms with Crippen LogP contribution in [0.4, 0.5) is 11.5 Å². The zero-order chi connectivity index (χ0) is 24.2. The van der Waals surface area contributed by atoms with Gasteiger partial charge in [-0.15, -0.1) is 0 Å². The fourth-order valence-corrected chi connectivity index (χ4v) is 6.07. The molecule has 3 aromatic rings. The summed E-state index contributed by atoms with van der Waals surface area (Å²) in [5.74, 6) is 1.29. The lowest BCUT2D eigenvalue weighted by atomic mass is 9.86. The lowest BCUT2D eigenvalue weighted by Crippen LogP contribution is -2.31. The molecule has 1 aromatic heterocycles. The minimum absolute atomic E-state index is 0.0665. The van der Waals surface area contributed by atoms with Gasteiger partial charge in [0.2, 0.25) is 0 Å². The first-order chi connectivity index (χ1) is 16.9. The zero-order valence-electron chi connectivity index (χ0n) is 20.9. The number of aryl methyl sites for hydroxylation is 3. The lowest BCUT2D eigenvalue weighted by molar-refractivity contribution is -0.159. The maximum absolute atomic E-state index is 6.13. The highest BCUT2D eigenvalue weighted by molar-refractivity contribution is 5.96. The van der Waals surface area contributed by atoms with E-state index >= 15 is 0 Å². The average molecular weight is 471 g/mol. The van der Waals surface area contributed by atoms with E-state index in [2.05, 4.69) is 37.4 Å². The minimum Gasteiger partial charge on any atom is -0.399 e. The smallest absolute Gasteiger partial charge is 0.172 e. The number of anilines is 2. The molecule has 2 heterocycles. The molecule has 1 spiro atoms. The van der Waals surface area contributed by atoms with Crippen molar-refractivity contribution in [1.29, 1.82) is 0 Å². The van der Waals surface area contributed by atoms with Crippen LogP contribution in [0, 0.1) is 13.8 Å². The Labute approximate surface area is 206 Å². The minimum atomic E-state index is -0.401. The number of ether oxygens (including phenoxy) is 2. The summed E-state index contributed by atoms with van der Waals surface area (Å²) in [6.07, 6.45) is 8.39. The van der Waals surface area contributed by atoms with Crippen LogP contribution in [0.5, 0.6) is 0 Å². The van der Waals surface area contributed by atoms with Crippen LogP contribution in [0.2, 0.25) is 0 Å². The van der Waals surface area contributed by atoms with Gasteiger partial charge in [0.1, 0.15) is 11.6 Å². The summed E-state index contributed by atoms with van der Waals surface area (Å²) in [5, 5.41) is 4.80. The Hall–Kier alpha value is -2.96. The van der Waals surface area contributed by atoms with Crippen LogP contribution in [-0.2, 0) is 22.3 Å². The third-order valence-electron chi connectivity index (χ3n) is 7.74. The fourth-order valence-electron chi connectivity index (χ4n) is 6.07. The molecule has 1 aliphatic heterocycles. The molecule has 6 rings (SSSR count). The first-order valence-electron chi connectivity index (χ1n) is 12.8. The van der Waals surface area contributed by atoms with Crippen LogP contribution in [0.3, 0.4) is 0 Å². The number of benzene rings is 2. The van der Waals surface area contributed by atoms with E-state index in [1.807, 2.05) is 19.1 Å². The van der Waals surface area contributed by atoms with E-state index in [9.17, 15) is 0 Å². The molecule has 35 heavy (non-hydrogen) atoms. The summed E-state index contributed by atoms with van der Waals surface area (Å²) < 4.78 is 11.9. The van der Waals surface area contributed by atoms with E-state index in [-0.39, 0.29) is 6.04 Å². The van der Waals surface area contributed by atoms with E-state index in [0.717, 1.165) is 71.5 Å². The molecule has 0 radical (unpaired) electrons. The van der Waals surface area contributed by atoms with Gasteiger partial charge in [-0.1, -0.05) is 12.1 Å². The highest BCUT2D eigenvalue weighted by atomic mass is 16.7. The van der Waals surface area contributed by atoms with Gasteiger partial charge in [-0.3, -0.25) is 0 Å². The van der Waals surface area contributed by atoms with Crippen molar-refractivity contribution in [3.8, 4) is 0 Å². The third kappa shape index (κ3) is 4.09. The number of fused-ring (bicyclic) bond motifs is 3. The lowest BCUT2D eigenvalue weighted by Gasteiger charge is -2.31. The second-order valence-electron chi connectivity index (χ2n) is 10.3. The summed E-state index contributed by atoms with van der Waals surface area (Å²) in [7, 11) is 0. The molecule has 1 atom stereocenters. The van der Waals surface area contributed by atoms with E-state index in [0.29, 0.717) is 13.2 Å². The van der Waals surface area contributed by atoms with Gasteiger partial charge in [-0.05, 0) is 98.0 Å². The predicted octanol–water partition coefficient (Wildman–Crippen LogP) is 5.80. The molecule has 1 fully saturated rings. The summed E-state index contributed by atoms with van der Waals surface area (Å²) in [4.78, 5) is 9.80. The van der Waals surface area contributed by atoms with Crippen molar-refractivity contribution < 1.29 is 9.47 Å². The number of nitrogens with zero attached hydrogens (tertiary/aromatic N) is 2.